The predicted octanol–water partition coefficient (Wildman–Crippen LogP) is 5.48. The third-order valence-corrected chi connectivity index (χ3v) is 7.40. The third kappa shape index (κ3) is 5.15. The number of thiazole rings is 1. The number of amides is 1. The molecule has 0 atom stereocenters. The Balaban J connectivity index is 1.45. The molecule has 0 aliphatic carbocycles. The number of anilines is 2. The van der Waals surface area contributed by atoms with E-state index in [0.29, 0.717) is 28.0 Å². The zero-order valence-corrected chi connectivity index (χ0v) is 20.0. The fourth-order valence-electron chi connectivity index (χ4n) is 3.18. The molecule has 33 heavy (non-hydrogen) atoms. The van der Waals surface area contributed by atoms with E-state index in [4.69, 9.17) is 4.74 Å². The Morgan fingerprint density at radius 1 is 1.00 bits per heavy atom. The van der Waals surface area contributed by atoms with Crippen LogP contribution in [0.1, 0.15) is 35.7 Å². The molecule has 0 saturated heterocycles. The molecule has 0 fully saturated rings. The van der Waals surface area contributed by atoms with Gasteiger partial charge in [0.2, 0.25) is 0 Å². The minimum atomic E-state index is -3.76. The Kier molecular flexibility index (Phi) is 6.35. The number of fused-ring (bicyclic) bond motifs is 1. The zero-order chi connectivity index (χ0) is 23.6. The van der Waals surface area contributed by atoms with E-state index < -0.39 is 10.0 Å². The van der Waals surface area contributed by atoms with Crippen LogP contribution in [0.4, 0.5) is 10.8 Å². The minimum absolute atomic E-state index is 0.113. The Morgan fingerprint density at radius 2 is 1.70 bits per heavy atom. The first-order chi connectivity index (χ1) is 15.7. The van der Waals surface area contributed by atoms with Crippen molar-refractivity contribution >= 4 is 48.3 Å². The van der Waals surface area contributed by atoms with Crippen molar-refractivity contribution in [3.05, 3.63) is 77.9 Å². The number of hydrogen-bond donors (Lipinski definition) is 2. The molecule has 7 nitrogen and oxygen atoms in total. The first kappa shape index (κ1) is 22.8. The first-order valence-electron chi connectivity index (χ1n) is 10.2. The number of hydrogen-bond acceptors (Lipinski definition) is 6. The van der Waals surface area contributed by atoms with Crippen LogP contribution in [0.3, 0.4) is 0 Å². The molecule has 3 aromatic carbocycles. The third-order valence-electron chi connectivity index (χ3n) is 5.07. The minimum Gasteiger partial charge on any atom is -0.497 e. The number of ether oxygens (including phenoxy) is 1. The van der Waals surface area contributed by atoms with Gasteiger partial charge in [0.25, 0.3) is 15.9 Å². The van der Waals surface area contributed by atoms with Crippen molar-refractivity contribution in [1.29, 1.82) is 0 Å². The van der Waals surface area contributed by atoms with Gasteiger partial charge in [-0.2, -0.15) is 0 Å². The van der Waals surface area contributed by atoms with Gasteiger partial charge in [-0.15, -0.1) is 0 Å². The molecule has 0 spiro atoms. The van der Waals surface area contributed by atoms with Crippen LogP contribution in [0.25, 0.3) is 10.2 Å². The number of rotatable bonds is 7. The predicted molar refractivity (Wildman–Crippen MR) is 132 cm³/mol. The lowest BCUT2D eigenvalue weighted by Gasteiger charge is -2.09. The molecule has 4 aromatic rings. The van der Waals surface area contributed by atoms with Gasteiger partial charge in [-0.1, -0.05) is 31.3 Å². The van der Waals surface area contributed by atoms with Gasteiger partial charge in [0.1, 0.15) is 5.75 Å². The van der Waals surface area contributed by atoms with Crippen LogP contribution in [-0.4, -0.2) is 26.4 Å². The number of nitrogens with zero attached hydrogens (tertiary/aromatic N) is 1. The number of nitrogens with one attached hydrogen (secondary N) is 2. The van der Waals surface area contributed by atoms with Crippen molar-refractivity contribution in [2.75, 3.05) is 17.1 Å². The quantitative estimate of drug-likeness (QED) is 0.364. The maximum absolute atomic E-state index is 12.6. The second-order valence-corrected chi connectivity index (χ2v) is 10.4. The number of sulfonamides is 1. The second kappa shape index (κ2) is 9.21. The average Bonchev–Trinajstić information content (AvgIpc) is 3.20. The molecule has 0 aliphatic rings. The summed E-state index contributed by atoms with van der Waals surface area (Å²) in [6.07, 6.45) is 0. The van der Waals surface area contributed by atoms with Gasteiger partial charge in [0.15, 0.2) is 5.13 Å². The summed E-state index contributed by atoms with van der Waals surface area (Å²) < 4.78 is 33.7. The standard InChI is InChI=1S/C24H23N3O4S2/c1-15(2)17-6-13-21-22(14-17)32-24(25-21)26-23(28)16-4-7-18(8-5-16)27-33(29,30)20-11-9-19(31-3)10-12-20/h4-15,27H,1-3H3,(H,25,26,28). The molecule has 4 rings (SSSR count). The molecule has 1 heterocycles. The van der Waals surface area contributed by atoms with E-state index in [9.17, 15) is 13.2 Å². The van der Waals surface area contributed by atoms with Gasteiger partial charge in [0, 0.05) is 11.3 Å². The van der Waals surface area contributed by atoms with Crippen molar-refractivity contribution in [3.63, 3.8) is 0 Å². The molecule has 2 N–H and O–H groups in total. The van der Waals surface area contributed by atoms with Crippen LogP contribution in [0.15, 0.2) is 71.6 Å². The maximum atomic E-state index is 12.6. The SMILES string of the molecule is COc1ccc(S(=O)(=O)Nc2ccc(C(=O)Nc3nc4ccc(C(C)C)cc4s3)cc2)cc1. The van der Waals surface area contributed by atoms with Gasteiger partial charge in [-0.05, 0) is 72.1 Å². The normalized spacial score (nSPS) is 11.5. The van der Waals surface area contributed by atoms with Crippen molar-refractivity contribution in [2.45, 2.75) is 24.7 Å². The molecule has 1 aromatic heterocycles. The molecular weight excluding hydrogens is 458 g/mol. The van der Waals surface area contributed by atoms with Gasteiger partial charge < -0.3 is 4.74 Å². The molecule has 0 radical (unpaired) electrons. The van der Waals surface area contributed by atoms with Gasteiger partial charge in [-0.3, -0.25) is 14.8 Å². The lowest BCUT2D eigenvalue weighted by molar-refractivity contribution is 0.102. The highest BCUT2D eigenvalue weighted by molar-refractivity contribution is 7.92. The smallest absolute Gasteiger partial charge is 0.261 e. The monoisotopic (exact) mass is 481 g/mol. The number of aromatic nitrogens is 1. The number of methoxy groups -OCH3 is 1. The van der Waals surface area contributed by atoms with Gasteiger partial charge in [0.05, 0.1) is 22.2 Å². The molecular formula is C24H23N3O4S2. The van der Waals surface area contributed by atoms with E-state index in [1.54, 1.807) is 36.4 Å². The van der Waals surface area contributed by atoms with E-state index in [1.165, 1.54) is 36.1 Å². The summed E-state index contributed by atoms with van der Waals surface area (Å²) in [6.45, 7) is 4.26. The van der Waals surface area contributed by atoms with Crippen molar-refractivity contribution in [1.82, 2.24) is 4.98 Å². The van der Waals surface area contributed by atoms with Crippen molar-refractivity contribution in [2.24, 2.45) is 0 Å². The highest BCUT2D eigenvalue weighted by Crippen LogP contribution is 2.29. The number of carbonyl (C=O) groups is 1. The molecule has 9 heteroatoms. The molecule has 0 unspecified atom stereocenters. The first-order valence-corrected chi connectivity index (χ1v) is 12.5. The Bertz CT molecular complexity index is 1390. The van der Waals surface area contributed by atoms with E-state index in [2.05, 4.69) is 34.9 Å². The Hall–Kier alpha value is -3.43. The van der Waals surface area contributed by atoms with E-state index in [0.717, 1.165) is 10.2 Å². The lowest BCUT2D eigenvalue weighted by atomic mass is 10.0. The van der Waals surface area contributed by atoms with Gasteiger partial charge >= 0.3 is 0 Å². The molecule has 0 aliphatic heterocycles. The maximum Gasteiger partial charge on any atom is 0.261 e. The summed E-state index contributed by atoms with van der Waals surface area (Å²) in [6, 6.07) is 18.4. The highest BCUT2D eigenvalue weighted by atomic mass is 32.2. The molecule has 0 bridgehead atoms. The summed E-state index contributed by atoms with van der Waals surface area (Å²) >= 11 is 1.42. The van der Waals surface area contributed by atoms with E-state index in [1.807, 2.05) is 12.1 Å². The topological polar surface area (TPSA) is 97.4 Å². The van der Waals surface area contributed by atoms with Crippen LogP contribution in [0, 0.1) is 0 Å². The Labute approximate surface area is 196 Å². The fraction of sp³-hybridized carbons (Fsp3) is 0.167. The summed E-state index contributed by atoms with van der Waals surface area (Å²) in [5, 5.41) is 3.33. The zero-order valence-electron chi connectivity index (χ0n) is 18.3. The highest BCUT2D eigenvalue weighted by Gasteiger charge is 2.15. The summed E-state index contributed by atoms with van der Waals surface area (Å²) in [5.74, 6) is 0.663. The summed E-state index contributed by atoms with van der Waals surface area (Å²) in [4.78, 5) is 17.2. The molecule has 170 valence electrons. The summed E-state index contributed by atoms with van der Waals surface area (Å²) in [5.41, 5.74) is 2.80. The second-order valence-electron chi connectivity index (χ2n) is 7.71. The van der Waals surface area contributed by atoms with Gasteiger partial charge in [-0.25, -0.2) is 13.4 Å². The van der Waals surface area contributed by atoms with E-state index >= 15 is 0 Å². The van der Waals surface area contributed by atoms with Crippen LogP contribution in [-0.2, 0) is 10.0 Å². The fourth-order valence-corrected chi connectivity index (χ4v) is 5.15. The number of carbonyl (C=O) groups excluding carboxylic acids is 1. The van der Waals surface area contributed by atoms with Crippen LogP contribution >= 0.6 is 11.3 Å². The van der Waals surface area contributed by atoms with Crippen LogP contribution in [0.2, 0.25) is 0 Å². The van der Waals surface area contributed by atoms with E-state index in [-0.39, 0.29) is 10.8 Å². The molecule has 0 saturated carbocycles. The van der Waals surface area contributed by atoms with Crippen molar-refractivity contribution in [3.8, 4) is 5.75 Å². The Morgan fingerprint density at radius 3 is 2.33 bits per heavy atom. The average molecular weight is 482 g/mol. The lowest BCUT2D eigenvalue weighted by Crippen LogP contribution is -2.14. The van der Waals surface area contributed by atoms with Crippen LogP contribution < -0.4 is 14.8 Å². The van der Waals surface area contributed by atoms with Crippen LogP contribution in [0.5, 0.6) is 5.75 Å². The summed E-state index contributed by atoms with van der Waals surface area (Å²) in [7, 11) is -2.25. The largest absolute Gasteiger partial charge is 0.497 e. The molecule has 1 amide bonds. The van der Waals surface area contributed by atoms with Crippen molar-refractivity contribution < 1.29 is 17.9 Å². The number of benzene rings is 3.